The molecular formula is C41H25N3S. The summed E-state index contributed by atoms with van der Waals surface area (Å²) in [7, 11) is 0. The normalized spacial score (nSPS) is 11.6. The van der Waals surface area contributed by atoms with Gasteiger partial charge in [0.1, 0.15) is 0 Å². The van der Waals surface area contributed by atoms with Crippen LogP contribution in [0.3, 0.4) is 0 Å². The number of hydrogen-bond donors (Lipinski definition) is 0. The zero-order valence-corrected chi connectivity index (χ0v) is 25.0. The molecule has 0 aliphatic carbocycles. The van der Waals surface area contributed by atoms with Crippen LogP contribution < -0.4 is 0 Å². The zero-order valence-electron chi connectivity index (χ0n) is 24.2. The number of benzene rings is 7. The van der Waals surface area contributed by atoms with Crippen molar-refractivity contribution in [1.29, 1.82) is 0 Å². The number of hydrogen-bond acceptors (Lipinski definition) is 4. The summed E-state index contributed by atoms with van der Waals surface area (Å²) in [5.41, 5.74) is 5.22. The first-order valence-corrected chi connectivity index (χ1v) is 15.8. The Kier molecular flexibility index (Phi) is 6.00. The van der Waals surface area contributed by atoms with E-state index in [0.29, 0.717) is 17.5 Å². The van der Waals surface area contributed by atoms with Gasteiger partial charge >= 0.3 is 0 Å². The average molecular weight is 592 g/mol. The summed E-state index contributed by atoms with van der Waals surface area (Å²) in [4.78, 5) is 15.0. The first-order valence-electron chi connectivity index (χ1n) is 15.0. The number of nitrogens with zero attached hydrogens (tertiary/aromatic N) is 3. The number of thiophene rings is 1. The second-order valence-corrected chi connectivity index (χ2v) is 12.3. The predicted molar refractivity (Wildman–Crippen MR) is 189 cm³/mol. The van der Waals surface area contributed by atoms with Crippen molar-refractivity contribution in [1.82, 2.24) is 15.0 Å². The number of fused-ring (bicyclic) bond motifs is 7. The molecule has 3 nitrogen and oxygen atoms in total. The maximum atomic E-state index is 5.03. The molecule has 7 aromatic carbocycles. The number of rotatable bonds is 4. The molecule has 0 aliphatic rings. The fourth-order valence-electron chi connectivity index (χ4n) is 6.30. The quantitative estimate of drug-likeness (QED) is 0.191. The van der Waals surface area contributed by atoms with E-state index in [-0.39, 0.29) is 0 Å². The SMILES string of the molecule is c1ccc(-c2ccc(-c3nc(-c4ccccc4)nc(-c4ccc5c(ccc6ccc7sc8ccccc8c7c65)c4)n3)cc2)cc1. The summed E-state index contributed by atoms with van der Waals surface area (Å²) < 4.78 is 2.63. The van der Waals surface area contributed by atoms with E-state index in [4.69, 9.17) is 15.0 Å². The molecule has 0 atom stereocenters. The van der Waals surface area contributed by atoms with Crippen LogP contribution in [-0.4, -0.2) is 15.0 Å². The van der Waals surface area contributed by atoms with Crippen molar-refractivity contribution >= 4 is 53.1 Å². The van der Waals surface area contributed by atoms with Gasteiger partial charge in [-0.1, -0.05) is 133 Å². The maximum Gasteiger partial charge on any atom is 0.164 e. The molecule has 0 fully saturated rings. The van der Waals surface area contributed by atoms with E-state index >= 15 is 0 Å². The van der Waals surface area contributed by atoms with Gasteiger partial charge in [0.25, 0.3) is 0 Å². The third kappa shape index (κ3) is 4.46. The Hall–Kier alpha value is -5.71. The molecule has 0 saturated carbocycles. The molecule has 0 unspecified atom stereocenters. The Bertz CT molecular complexity index is 2520. The third-order valence-corrected chi connectivity index (χ3v) is 9.65. The Labute approximate surface area is 264 Å². The molecule has 0 amide bonds. The molecule has 9 rings (SSSR count). The Morgan fingerprint density at radius 3 is 1.62 bits per heavy atom. The van der Waals surface area contributed by atoms with Gasteiger partial charge in [-0.3, -0.25) is 0 Å². The van der Waals surface area contributed by atoms with Gasteiger partial charge in [0.05, 0.1) is 0 Å². The molecule has 210 valence electrons. The van der Waals surface area contributed by atoms with Gasteiger partial charge in [-0.25, -0.2) is 15.0 Å². The van der Waals surface area contributed by atoms with Crippen molar-refractivity contribution in [2.75, 3.05) is 0 Å². The van der Waals surface area contributed by atoms with Crippen LogP contribution in [0.1, 0.15) is 0 Å². The molecule has 0 saturated heterocycles. The molecule has 4 heteroatoms. The molecular weight excluding hydrogens is 567 g/mol. The van der Waals surface area contributed by atoms with E-state index in [1.807, 2.05) is 47.7 Å². The minimum absolute atomic E-state index is 0.656. The van der Waals surface area contributed by atoms with Crippen LogP contribution in [0.5, 0.6) is 0 Å². The van der Waals surface area contributed by atoms with E-state index in [1.54, 1.807) is 0 Å². The van der Waals surface area contributed by atoms with E-state index in [9.17, 15) is 0 Å². The van der Waals surface area contributed by atoms with E-state index in [2.05, 4.69) is 115 Å². The van der Waals surface area contributed by atoms with Gasteiger partial charge in [-0.2, -0.15) is 0 Å². The molecule has 0 spiro atoms. The van der Waals surface area contributed by atoms with Crippen LogP contribution in [0.25, 0.3) is 87.0 Å². The second-order valence-electron chi connectivity index (χ2n) is 11.3. The van der Waals surface area contributed by atoms with Crippen molar-refractivity contribution in [2.45, 2.75) is 0 Å². The summed E-state index contributed by atoms with van der Waals surface area (Å²) in [6, 6.07) is 53.3. The van der Waals surface area contributed by atoms with E-state index in [1.165, 1.54) is 47.3 Å². The molecule has 9 aromatic rings. The Morgan fingerprint density at radius 1 is 0.333 bits per heavy atom. The highest BCUT2D eigenvalue weighted by molar-refractivity contribution is 7.26. The van der Waals surface area contributed by atoms with Crippen molar-refractivity contribution in [3.05, 3.63) is 152 Å². The lowest BCUT2D eigenvalue weighted by Gasteiger charge is -2.11. The van der Waals surface area contributed by atoms with Crippen LogP contribution in [0.15, 0.2) is 152 Å². The van der Waals surface area contributed by atoms with E-state index in [0.717, 1.165) is 22.3 Å². The monoisotopic (exact) mass is 591 g/mol. The Morgan fingerprint density at radius 2 is 0.867 bits per heavy atom. The van der Waals surface area contributed by atoms with Crippen LogP contribution in [0.4, 0.5) is 0 Å². The molecule has 2 heterocycles. The topological polar surface area (TPSA) is 38.7 Å². The molecule has 0 aliphatic heterocycles. The zero-order chi connectivity index (χ0) is 29.7. The van der Waals surface area contributed by atoms with Crippen molar-refractivity contribution < 1.29 is 0 Å². The summed E-state index contributed by atoms with van der Waals surface area (Å²) in [5, 5.41) is 7.59. The van der Waals surface area contributed by atoms with Crippen molar-refractivity contribution in [2.24, 2.45) is 0 Å². The van der Waals surface area contributed by atoms with Crippen LogP contribution >= 0.6 is 11.3 Å². The van der Waals surface area contributed by atoms with Crippen molar-refractivity contribution in [3.8, 4) is 45.3 Å². The fourth-order valence-corrected chi connectivity index (χ4v) is 7.42. The minimum Gasteiger partial charge on any atom is -0.208 e. The molecule has 45 heavy (non-hydrogen) atoms. The van der Waals surface area contributed by atoms with Gasteiger partial charge < -0.3 is 0 Å². The van der Waals surface area contributed by atoms with Gasteiger partial charge in [0.2, 0.25) is 0 Å². The molecule has 0 N–H and O–H groups in total. The first-order chi connectivity index (χ1) is 22.3. The Balaban J connectivity index is 1.21. The summed E-state index contributed by atoms with van der Waals surface area (Å²) >= 11 is 1.86. The lowest BCUT2D eigenvalue weighted by Crippen LogP contribution is -2.00. The van der Waals surface area contributed by atoms with Gasteiger partial charge in [0.15, 0.2) is 17.5 Å². The predicted octanol–water partition coefficient (Wildman–Crippen LogP) is 11.2. The van der Waals surface area contributed by atoms with Gasteiger partial charge in [0, 0.05) is 36.9 Å². The van der Waals surface area contributed by atoms with Crippen LogP contribution in [-0.2, 0) is 0 Å². The third-order valence-electron chi connectivity index (χ3n) is 8.51. The highest BCUT2D eigenvalue weighted by atomic mass is 32.1. The first kappa shape index (κ1) is 25.8. The largest absolute Gasteiger partial charge is 0.208 e. The van der Waals surface area contributed by atoms with Gasteiger partial charge in [-0.15, -0.1) is 11.3 Å². The minimum atomic E-state index is 0.656. The molecule has 2 aromatic heterocycles. The van der Waals surface area contributed by atoms with Gasteiger partial charge in [-0.05, 0) is 50.9 Å². The highest BCUT2D eigenvalue weighted by Crippen LogP contribution is 2.41. The summed E-state index contributed by atoms with van der Waals surface area (Å²) in [6.07, 6.45) is 0. The smallest absolute Gasteiger partial charge is 0.164 e. The highest BCUT2D eigenvalue weighted by Gasteiger charge is 2.15. The summed E-state index contributed by atoms with van der Waals surface area (Å²) in [6.45, 7) is 0. The molecule has 0 bridgehead atoms. The lowest BCUT2D eigenvalue weighted by atomic mass is 9.96. The fraction of sp³-hybridized carbons (Fsp3) is 0. The van der Waals surface area contributed by atoms with E-state index < -0.39 is 0 Å². The second kappa shape index (κ2) is 10.5. The van der Waals surface area contributed by atoms with Crippen LogP contribution in [0.2, 0.25) is 0 Å². The van der Waals surface area contributed by atoms with Crippen LogP contribution in [0, 0.1) is 0 Å². The average Bonchev–Trinajstić information content (AvgIpc) is 3.51. The number of aromatic nitrogens is 3. The molecule has 0 radical (unpaired) electrons. The lowest BCUT2D eigenvalue weighted by molar-refractivity contribution is 1.07. The standard InChI is InChI=1S/C41H25N3S/c1-3-9-26(10-4-1)27-15-18-30(19-16-27)40-42-39(29-11-5-2-6-12-29)43-41(44-40)32-21-23-33-31(25-32)20-17-28-22-24-36-38(37(28)33)34-13-7-8-14-35(34)45-36/h1-25H. The maximum absolute atomic E-state index is 5.03. The van der Waals surface area contributed by atoms with Crippen molar-refractivity contribution in [3.63, 3.8) is 0 Å². The summed E-state index contributed by atoms with van der Waals surface area (Å²) in [5.74, 6) is 1.98.